The summed E-state index contributed by atoms with van der Waals surface area (Å²) >= 11 is 0. The van der Waals surface area contributed by atoms with E-state index in [1.807, 2.05) is 57.2 Å². The zero-order chi connectivity index (χ0) is 25.0. The van der Waals surface area contributed by atoms with Crippen molar-refractivity contribution in [3.63, 3.8) is 0 Å². The molecule has 2 aromatic carbocycles. The SMILES string of the molecule is CC(C)(C)OC(=O)N1CCN(c2cc(F)c3c(c2)CC[C@H](NC(=O)OCc2ccccc2)C3)CC1. The predicted octanol–water partition coefficient (Wildman–Crippen LogP) is 4.67. The normalized spacial score (nSPS) is 18.0. The number of anilines is 1. The molecule has 35 heavy (non-hydrogen) atoms. The fourth-order valence-electron chi connectivity index (χ4n) is 4.52. The summed E-state index contributed by atoms with van der Waals surface area (Å²) in [5, 5.41) is 2.88. The minimum absolute atomic E-state index is 0.163. The van der Waals surface area contributed by atoms with E-state index in [9.17, 15) is 9.59 Å². The van der Waals surface area contributed by atoms with Crippen molar-refractivity contribution in [3.05, 3.63) is 65.0 Å². The highest BCUT2D eigenvalue weighted by atomic mass is 19.1. The van der Waals surface area contributed by atoms with Gasteiger partial charge in [0.15, 0.2) is 0 Å². The first-order valence-corrected chi connectivity index (χ1v) is 12.2. The van der Waals surface area contributed by atoms with Gasteiger partial charge in [-0.15, -0.1) is 0 Å². The van der Waals surface area contributed by atoms with Gasteiger partial charge in [-0.1, -0.05) is 30.3 Å². The number of piperazine rings is 1. The second-order valence-corrected chi connectivity index (χ2v) is 10.2. The number of carbonyl (C=O) groups is 2. The average molecular weight is 484 g/mol. The van der Waals surface area contributed by atoms with Crippen molar-refractivity contribution in [1.29, 1.82) is 0 Å². The minimum Gasteiger partial charge on any atom is -0.445 e. The van der Waals surface area contributed by atoms with Gasteiger partial charge in [-0.3, -0.25) is 0 Å². The number of ether oxygens (including phenoxy) is 2. The van der Waals surface area contributed by atoms with Crippen LogP contribution in [0.3, 0.4) is 0 Å². The molecule has 0 radical (unpaired) electrons. The highest BCUT2D eigenvalue weighted by Gasteiger charge is 2.28. The summed E-state index contributed by atoms with van der Waals surface area (Å²) in [6.45, 7) is 8.06. The molecule has 2 amide bonds. The maximum Gasteiger partial charge on any atom is 0.410 e. The minimum atomic E-state index is -0.527. The fourth-order valence-corrected chi connectivity index (χ4v) is 4.52. The van der Waals surface area contributed by atoms with E-state index in [-0.39, 0.29) is 24.6 Å². The second kappa shape index (κ2) is 10.5. The number of hydrogen-bond acceptors (Lipinski definition) is 5. The van der Waals surface area contributed by atoms with E-state index in [4.69, 9.17) is 9.47 Å². The van der Waals surface area contributed by atoms with Crippen molar-refractivity contribution in [1.82, 2.24) is 10.2 Å². The molecule has 1 fully saturated rings. The summed E-state index contributed by atoms with van der Waals surface area (Å²) in [6.07, 6.45) is 1.05. The number of rotatable bonds is 4. The second-order valence-electron chi connectivity index (χ2n) is 10.2. The molecule has 0 unspecified atom stereocenters. The van der Waals surface area contributed by atoms with Crippen LogP contribution >= 0.6 is 0 Å². The van der Waals surface area contributed by atoms with Crippen LogP contribution in [0, 0.1) is 5.82 Å². The van der Waals surface area contributed by atoms with Gasteiger partial charge >= 0.3 is 12.2 Å². The Hall–Kier alpha value is -3.29. The quantitative estimate of drug-likeness (QED) is 0.685. The van der Waals surface area contributed by atoms with Crippen molar-refractivity contribution in [2.24, 2.45) is 0 Å². The molecule has 1 aliphatic carbocycles. The van der Waals surface area contributed by atoms with Crippen LogP contribution in [0.25, 0.3) is 0 Å². The molecular formula is C27H34FN3O4. The molecule has 4 rings (SSSR count). The zero-order valence-electron chi connectivity index (χ0n) is 20.7. The van der Waals surface area contributed by atoms with Crippen molar-refractivity contribution in [2.45, 2.75) is 58.3 Å². The van der Waals surface area contributed by atoms with Crippen LogP contribution in [0.1, 0.15) is 43.9 Å². The molecule has 7 nitrogen and oxygen atoms in total. The Kier molecular flexibility index (Phi) is 7.48. The van der Waals surface area contributed by atoms with Crippen LogP contribution in [0.4, 0.5) is 19.7 Å². The van der Waals surface area contributed by atoms with E-state index >= 15 is 4.39 Å². The number of nitrogens with zero attached hydrogens (tertiary/aromatic N) is 2. The van der Waals surface area contributed by atoms with Crippen LogP contribution in [-0.4, -0.2) is 54.9 Å². The summed E-state index contributed by atoms with van der Waals surface area (Å²) in [5.41, 5.74) is 2.85. The summed E-state index contributed by atoms with van der Waals surface area (Å²) in [5.74, 6) is -0.253. The van der Waals surface area contributed by atoms with Crippen molar-refractivity contribution >= 4 is 17.9 Å². The summed E-state index contributed by atoms with van der Waals surface area (Å²) < 4.78 is 25.9. The number of benzene rings is 2. The molecule has 188 valence electrons. The molecule has 0 saturated carbocycles. The number of amides is 2. The van der Waals surface area contributed by atoms with E-state index in [1.54, 1.807) is 11.0 Å². The van der Waals surface area contributed by atoms with Gasteiger partial charge in [-0.05, 0) is 68.9 Å². The van der Waals surface area contributed by atoms with Crippen LogP contribution < -0.4 is 10.2 Å². The standard InChI is InChI=1S/C27H34FN3O4/c1-27(2,3)35-26(33)31-13-11-30(12-14-31)22-15-20-9-10-21(16-23(20)24(28)17-22)29-25(32)34-18-19-7-5-4-6-8-19/h4-8,15,17,21H,9-14,16,18H2,1-3H3,(H,29,32)/t21-/m0/s1. The van der Waals surface area contributed by atoms with Crippen molar-refractivity contribution < 1.29 is 23.5 Å². The molecule has 1 heterocycles. The molecule has 8 heteroatoms. The summed E-state index contributed by atoms with van der Waals surface area (Å²) in [6, 6.07) is 12.9. The first kappa shape index (κ1) is 24.8. The van der Waals surface area contributed by atoms with Gasteiger partial charge in [0, 0.05) is 37.9 Å². The summed E-state index contributed by atoms with van der Waals surface area (Å²) in [7, 11) is 0. The third-order valence-corrected chi connectivity index (χ3v) is 6.32. The summed E-state index contributed by atoms with van der Waals surface area (Å²) in [4.78, 5) is 28.3. The lowest BCUT2D eigenvalue weighted by atomic mass is 9.87. The molecular weight excluding hydrogens is 449 g/mol. The number of hydrogen-bond donors (Lipinski definition) is 1. The molecule has 0 bridgehead atoms. The van der Waals surface area contributed by atoms with Gasteiger partial charge < -0.3 is 24.6 Å². The molecule has 1 aliphatic heterocycles. The van der Waals surface area contributed by atoms with Gasteiger partial charge in [0.2, 0.25) is 0 Å². The van der Waals surface area contributed by atoms with E-state index in [2.05, 4.69) is 10.2 Å². The lowest BCUT2D eigenvalue weighted by Gasteiger charge is -2.37. The van der Waals surface area contributed by atoms with Crippen LogP contribution in [0.2, 0.25) is 0 Å². The Morgan fingerprint density at radius 1 is 1.09 bits per heavy atom. The van der Waals surface area contributed by atoms with E-state index in [1.165, 1.54) is 0 Å². The molecule has 2 aliphatic rings. The molecule has 2 aromatic rings. The largest absolute Gasteiger partial charge is 0.445 e. The van der Waals surface area contributed by atoms with Gasteiger partial charge in [-0.2, -0.15) is 0 Å². The van der Waals surface area contributed by atoms with Gasteiger partial charge in [-0.25, -0.2) is 14.0 Å². The monoisotopic (exact) mass is 483 g/mol. The molecule has 1 atom stereocenters. The van der Waals surface area contributed by atoms with Crippen LogP contribution in [-0.2, 0) is 28.9 Å². The van der Waals surface area contributed by atoms with E-state index < -0.39 is 11.7 Å². The number of nitrogens with one attached hydrogen (secondary N) is 1. The van der Waals surface area contributed by atoms with E-state index in [0.29, 0.717) is 44.6 Å². The number of aryl methyl sites for hydroxylation is 1. The first-order valence-electron chi connectivity index (χ1n) is 12.2. The third kappa shape index (κ3) is 6.65. The third-order valence-electron chi connectivity index (χ3n) is 6.32. The molecule has 1 N–H and O–H groups in total. The highest BCUT2D eigenvalue weighted by Crippen LogP contribution is 2.30. The Bertz CT molecular complexity index is 1050. The number of alkyl carbamates (subject to hydrolysis) is 1. The van der Waals surface area contributed by atoms with Crippen molar-refractivity contribution in [2.75, 3.05) is 31.1 Å². The van der Waals surface area contributed by atoms with E-state index in [0.717, 1.165) is 23.2 Å². The lowest BCUT2D eigenvalue weighted by molar-refractivity contribution is 0.0240. The van der Waals surface area contributed by atoms with Crippen molar-refractivity contribution in [3.8, 4) is 0 Å². The Labute approximate surface area is 206 Å². The smallest absolute Gasteiger partial charge is 0.410 e. The fraction of sp³-hybridized carbons (Fsp3) is 0.481. The van der Waals surface area contributed by atoms with Crippen LogP contribution in [0.15, 0.2) is 42.5 Å². The van der Waals surface area contributed by atoms with Gasteiger partial charge in [0.1, 0.15) is 18.0 Å². The maximum atomic E-state index is 15.1. The number of fused-ring (bicyclic) bond motifs is 1. The Morgan fingerprint density at radius 2 is 1.80 bits per heavy atom. The Balaban J connectivity index is 1.31. The predicted molar refractivity (Wildman–Crippen MR) is 132 cm³/mol. The first-order chi connectivity index (χ1) is 16.7. The highest BCUT2D eigenvalue weighted by molar-refractivity contribution is 5.69. The van der Waals surface area contributed by atoms with Crippen LogP contribution in [0.5, 0.6) is 0 Å². The maximum absolute atomic E-state index is 15.1. The van der Waals surface area contributed by atoms with Gasteiger partial charge in [0.05, 0.1) is 0 Å². The molecule has 0 aromatic heterocycles. The Morgan fingerprint density at radius 3 is 2.49 bits per heavy atom. The average Bonchev–Trinajstić information content (AvgIpc) is 2.83. The zero-order valence-corrected chi connectivity index (χ0v) is 20.7. The molecule has 1 saturated heterocycles. The molecule has 0 spiro atoms. The topological polar surface area (TPSA) is 71.1 Å². The number of carbonyl (C=O) groups excluding carboxylic acids is 2. The van der Waals surface area contributed by atoms with Gasteiger partial charge in [0.25, 0.3) is 0 Å². The lowest BCUT2D eigenvalue weighted by Crippen LogP contribution is -2.50. The number of halogens is 1.